The first-order valence-corrected chi connectivity index (χ1v) is 12.0. The van der Waals surface area contributed by atoms with Gasteiger partial charge in [0.1, 0.15) is 0 Å². The SMILES string of the molecule is COc1cc(C=NNC(=O)CSc2nnc(-c3ccc(Cl)cc3)n2-c2ccc(Cl)cc2)ccc1O. The Kier molecular flexibility index (Phi) is 7.91. The van der Waals surface area contributed by atoms with Crippen LogP contribution in [0.5, 0.6) is 11.5 Å². The summed E-state index contributed by atoms with van der Waals surface area (Å²) in [5.41, 5.74) is 4.76. The number of aromatic nitrogens is 3. The molecule has 3 aromatic carbocycles. The molecule has 178 valence electrons. The minimum atomic E-state index is -0.323. The predicted octanol–water partition coefficient (Wildman–Crippen LogP) is 5.20. The Morgan fingerprint density at radius 3 is 2.46 bits per heavy atom. The average Bonchev–Trinajstić information content (AvgIpc) is 3.28. The summed E-state index contributed by atoms with van der Waals surface area (Å²) in [4.78, 5) is 12.4. The number of carbonyl (C=O) groups is 1. The van der Waals surface area contributed by atoms with Crippen molar-refractivity contribution in [2.24, 2.45) is 5.10 Å². The normalized spacial score (nSPS) is 11.1. The van der Waals surface area contributed by atoms with Gasteiger partial charge in [0.15, 0.2) is 22.5 Å². The molecule has 0 aliphatic carbocycles. The van der Waals surface area contributed by atoms with Gasteiger partial charge in [0.05, 0.1) is 19.1 Å². The lowest BCUT2D eigenvalue weighted by Crippen LogP contribution is -2.20. The highest BCUT2D eigenvalue weighted by Gasteiger charge is 2.17. The van der Waals surface area contributed by atoms with Crippen LogP contribution in [-0.2, 0) is 4.79 Å². The van der Waals surface area contributed by atoms with Crippen LogP contribution in [0, 0.1) is 0 Å². The third kappa shape index (κ3) is 6.13. The highest BCUT2D eigenvalue weighted by Crippen LogP contribution is 2.29. The molecule has 0 fully saturated rings. The zero-order valence-electron chi connectivity index (χ0n) is 18.4. The first kappa shape index (κ1) is 24.6. The van der Waals surface area contributed by atoms with E-state index in [9.17, 15) is 9.90 Å². The van der Waals surface area contributed by atoms with Crippen molar-refractivity contribution in [1.29, 1.82) is 0 Å². The molecule has 2 N–H and O–H groups in total. The summed E-state index contributed by atoms with van der Waals surface area (Å²) in [6.45, 7) is 0. The number of hydrazone groups is 1. The number of nitrogens with one attached hydrogen (secondary N) is 1. The maximum absolute atomic E-state index is 12.4. The molecule has 0 unspecified atom stereocenters. The fourth-order valence-corrected chi connectivity index (χ4v) is 4.08. The van der Waals surface area contributed by atoms with E-state index in [4.69, 9.17) is 27.9 Å². The van der Waals surface area contributed by atoms with E-state index in [0.29, 0.717) is 32.3 Å². The zero-order chi connectivity index (χ0) is 24.8. The lowest BCUT2D eigenvalue weighted by molar-refractivity contribution is -0.118. The van der Waals surface area contributed by atoms with Crippen molar-refractivity contribution in [3.63, 3.8) is 0 Å². The first-order valence-electron chi connectivity index (χ1n) is 10.2. The van der Waals surface area contributed by atoms with E-state index in [0.717, 1.165) is 11.3 Å². The second kappa shape index (κ2) is 11.3. The van der Waals surface area contributed by atoms with Crippen molar-refractivity contribution in [2.45, 2.75) is 5.16 Å². The highest BCUT2D eigenvalue weighted by atomic mass is 35.5. The number of phenolic OH excluding ortho intramolecular Hbond substituents is 1. The molecule has 1 aromatic heterocycles. The number of phenols is 1. The van der Waals surface area contributed by atoms with Crippen LogP contribution in [0.15, 0.2) is 77.0 Å². The number of aromatic hydroxyl groups is 1. The average molecular weight is 528 g/mol. The van der Waals surface area contributed by atoms with Crippen LogP contribution in [0.25, 0.3) is 17.1 Å². The van der Waals surface area contributed by atoms with Crippen molar-refractivity contribution in [3.05, 3.63) is 82.3 Å². The van der Waals surface area contributed by atoms with E-state index >= 15 is 0 Å². The molecule has 35 heavy (non-hydrogen) atoms. The minimum Gasteiger partial charge on any atom is -0.504 e. The fourth-order valence-electron chi connectivity index (χ4n) is 3.09. The number of methoxy groups -OCH3 is 1. The number of carbonyl (C=O) groups excluding carboxylic acids is 1. The van der Waals surface area contributed by atoms with Crippen molar-refractivity contribution in [1.82, 2.24) is 20.2 Å². The Bertz CT molecular complexity index is 1360. The lowest BCUT2D eigenvalue weighted by Gasteiger charge is -2.10. The third-order valence-corrected chi connectivity index (χ3v) is 6.19. The van der Waals surface area contributed by atoms with Crippen molar-refractivity contribution < 1.29 is 14.6 Å². The lowest BCUT2D eigenvalue weighted by atomic mass is 10.2. The molecule has 11 heteroatoms. The highest BCUT2D eigenvalue weighted by molar-refractivity contribution is 7.99. The zero-order valence-corrected chi connectivity index (χ0v) is 20.7. The Morgan fingerprint density at radius 1 is 1.09 bits per heavy atom. The van der Waals surface area contributed by atoms with Gasteiger partial charge in [0.2, 0.25) is 0 Å². The Balaban J connectivity index is 1.49. The molecule has 4 rings (SSSR count). The van der Waals surface area contributed by atoms with Gasteiger partial charge < -0.3 is 9.84 Å². The van der Waals surface area contributed by atoms with E-state index in [2.05, 4.69) is 20.7 Å². The quantitative estimate of drug-likeness (QED) is 0.185. The second-order valence-corrected chi connectivity index (χ2v) is 8.95. The standard InChI is InChI=1S/C24H19Cl2N5O3S/c1-34-21-12-15(2-11-20(21)32)13-27-28-22(33)14-35-24-30-29-23(16-3-5-17(25)6-4-16)31(24)19-9-7-18(26)8-10-19/h2-13,32H,14H2,1H3,(H,28,33). The molecular formula is C24H19Cl2N5O3S. The number of hydrogen-bond donors (Lipinski definition) is 2. The number of hydrogen-bond acceptors (Lipinski definition) is 7. The summed E-state index contributed by atoms with van der Waals surface area (Å²) in [5.74, 6) is 0.673. The van der Waals surface area contributed by atoms with Gasteiger partial charge in [0, 0.05) is 21.3 Å². The molecule has 1 amide bonds. The second-order valence-electron chi connectivity index (χ2n) is 7.14. The number of nitrogens with zero attached hydrogens (tertiary/aromatic N) is 4. The fraction of sp³-hybridized carbons (Fsp3) is 0.0833. The molecule has 0 atom stereocenters. The first-order chi connectivity index (χ1) is 16.9. The third-order valence-electron chi connectivity index (χ3n) is 4.76. The summed E-state index contributed by atoms with van der Waals surface area (Å²) in [5, 5.41) is 24.0. The number of ether oxygens (including phenoxy) is 1. The van der Waals surface area contributed by atoms with Gasteiger partial charge in [-0.1, -0.05) is 35.0 Å². The monoisotopic (exact) mass is 527 g/mol. The summed E-state index contributed by atoms with van der Waals surface area (Å²) >= 11 is 13.3. The topological polar surface area (TPSA) is 102 Å². The van der Waals surface area contributed by atoms with Crippen LogP contribution in [-0.4, -0.2) is 44.9 Å². The van der Waals surface area contributed by atoms with E-state index in [1.807, 2.05) is 28.8 Å². The number of amides is 1. The molecule has 0 aliphatic heterocycles. The number of rotatable bonds is 8. The molecule has 0 saturated carbocycles. The summed E-state index contributed by atoms with van der Waals surface area (Å²) < 4.78 is 6.91. The molecule has 0 saturated heterocycles. The Labute approximate surface area is 215 Å². The van der Waals surface area contributed by atoms with Gasteiger partial charge >= 0.3 is 0 Å². The van der Waals surface area contributed by atoms with Crippen molar-refractivity contribution in [3.8, 4) is 28.6 Å². The molecule has 0 spiro atoms. The van der Waals surface area contributed by atoms with Crippen LogP contribution in [0.2, 0.25) is 10.0 Å². The maximum atomic E-state index is 12.4. The summed E-state index contributed by atoms with van der Waals surface area (Å²) in [6.07, 6.45) is 1.46. The van der Waals surface area contributed by atoms with Gasteiger partial charge in [-0.25, -0.2) is 5.43 Å². The number of benzene rings is 3. The number of thioether (sulfide) groups is 1. The van der Waals surface area contributed by atoms with Crippen LogP contribution in [0.3, 0.4) is 0 Å². The Hall–Kier alpha value is -3.53. The molecular weight excluding hydrogens is 509 g/mol. The summed E-state index contributed by atoms with van der Waals surface area (Å²) in [7, 11) is 1.45. The van der Waals surface area contributed by atoms with Gasteiger partial charge in [-0.15, -0.1) is 10.2 Å². The van der Waals surface area contributed by atoms with Crippen molar-refractivity contribution in [2.75, 3.05) is 12.9 Å². The van der Waals surface area contributed by atoms with E-state index in [1.54, 1.807) is 36.4 Å². The van der Waals surface area contributed by atoms with E-state index in [-0.39, 0.29) is 17.4 Å². The van der Waals surface area contributed by atoms with Gasteiger partial charge in [0.25, 0.3) is 5.91 Å². The Morgan fingerprint density at radius 2 is 1.77 bits per heavy atom. The van der Waals surface area contributed by atoms with E-state index in [1.165, 1.54) is 31.2 Å². The molecule has 1 heterocycles. The van der Waals surface area contributed by atoms with Crippen LogP contribution < -0.4 is 10.2 Å². The maximum Gasteiger partial charge on any atom is 0.250 e. The van der Waals surface area contributed by atoms with Gasteiger partial charge in [-0.2, -0.15) is 5.10 Å². The van der Waals surface area contributed by atoms with Crippen LogP contribution in [0.4, 0.5) is 0 Å². The minimum absolute atomic E-state index is 0.0212. The van der Waals surface area contributed by atoms with Crippen LogP contribution >= 0.6 is 35.0 Å². The smallest absolute Gasteiger partial charge is 0.250 e. The van der Waals surface area contributed by atoms with E-state index < -0.39 is 0 Å². The number of halogens is 2. The molecule has 4 aromatic rings. The molecule has 0 aliphatic rings. The molecule has 8 nitrogen and oxygen atoms in total. The molecule has 0 radical (unpaired) electrons. The van der Waals surface area contributed by atoms with Gasteiger partial charge in [-0.05, 0) is 72.3 Å². The van der Waals surface area contributed by atoms with Crippen LogP contribution in [0.1, 0.15) is 5.56 Å². The van der Waals surface area contributed by atoms with Crippen molar-refractivity contribution >= 4 is 47.1 Å². The predicted molar refractivity (Wildman–Crippen MR) is 138 cm³/mol. The summed E-state index contributed by atoms with van der Waals surface area (Å²) in [6, 6.07) is 19.3. The van der Waals surface area contributed by atoms with Gasteiger partial charge in [-0.3, -0.25) is 9.36 Å². The molecule has 0 bridgehead atoms. The largest absolute Gasteiger partial charge is 0.504 e.